The molecule has 1 unspecified atom stereocenters. The van der Waals surface area contributed by atoms with Crippen LogP contribution >= 0.6 is 31.9 Å². The average molecular weight is 390 g/mol. The van der Waals surface area contributed by atoms with Crippen LogP contribution < -0.4 is 4.74 Å². The Bertz CT molecular complexity index is 606. The molecule has 0 radical (unpaired) electrons. The molecular formula is C13H10Br2O4. The van der Waals surface area contributed by atoms with E-state index in [1.165, 1.54) is 6.07 Å². The lowest BCUT2D eigenvalue weighted by Gasteiger charge is -2.13. The molecule has 4 nitrogen and oxygen atoms in total. The van der Waals surface area contributed by atoms with Crippen LogP contribution in [0.25, 0.3) is 0 Å². The van der Waals surface area contributed by atoms with Crippen molar-refractivity contribution in [3.63, 3.8) is 0 Å². The van der Waals surface area contributed by atoms with Crippen LogP contribution in [-0.2, 0) is 0 Å². The maximum Gasteiger partial charge on any atom is 0.371 e. The second-order valence-corrected chi connectivity index (χ2v) is 5.61. The number of carbonyl (C=O) groups is 1. The number of furan rings is 1. The zero-order valence-electron chi connectivity index (χ0n) is 9.89. The molecule has 100 valence electrons. The van der Waals surface area contributed by atoms with Crippen LogP contribution in [0.1, 0.15) is 29.3 Å². The third-order valence-electron chi connectivity index (χ3n) is 2.44. The summed E-state index contributed by atoms with van der Waals surface area (Å²) in [5.74, 6) is -0.0696. The van der Waals surface area contributed by atoms with Gasteiger partial charge in [0.15, 0.2) is 6.10 Å². The lowest BCUT2D eigenvalue weighted by Crippen LogP contribution is -2.02. The van der Waals surface area contributed by atoms with Crippen LogP contribution in [0.15, 0.2) is 43.7 Å². The second-order valence-electron chi connectivity index (χ2n) is 3.84. The standard InChI is InChI=1S/C13H10Br2O4/c1-7(10-4-5-12(19-10)13(16)17)18-11-3-2-8(14)6-9(11)15/h2-7H,1H3,(H,16,17). The van der Waals surface area contributed by atoms with E-state index in [1.54, 1.807) is 13.0 Å². The summed E-state index contributed by atoms with van der Waals surface area (Å²) in [7, 11) is 0. The van der Waals surface area contributed by atoms with Gasteiger partial charge in [-0.2, -0.15) is 0 Å². The molecule has 0 aliphatic rings. The summed E-state index contributed by atoms with van der Waals surface area (Å²) in [6, 6.07) is 8.55. The van der Waals surface area contributed by atoms with Gasteiger partial charge in [-0.15, -0.1) is 0 Å². The Balaban J connectivity index is 2.15. The molecule has 1 aromatic carbocycles. The van der Waals surface area contributed by atoms with Crippen molar-refractivity contribution in [3.05, 3.63) is 50.8 Å². The largest absolute Gasteiger partial charge is 0.482 e. The molecule has 1 N–H and O–H groups in total. The first-order chi connectivity index (χ1) is 8.97. The summed E-state index contributed by atoms with van der Waals surface area (Å²) in [6.07, 6.45) is -0.384. The number of hydrogen-bond acceptors (Lipinski definition) is 3. The number of ether oxygens (including phenoxy) is 1. The van der Waals surface area contributed by atoms with E-state index in [0.29, 0.717) is 11.5 Å². The predicted molar refractivity (Wildman–Crippen MR) is 76.6 cm³/mol. The van der Waals surface area contributed by atoms with Crippen LogP contribution in [0.4, 0.5) is 0 Å². The highest BCUT2D eigenvalue weighted by Crippen LogP contribution is 2.32. The van der Waals surface area contributed by atoms with Gasteiger partial charge in [-0.05, 0) is 53.2 Å². The van der Waals surface area contributed by atoms with E-state index in [1.807, 2.05) is 18.2 Å². The third kappa shape index (κ3) is 3.39. The number of benzene rings is 1. The van der Waals surface area contributed by atoms with Gasteiger partial charge in [0, 0.05) is 4.47 Å². The molecular weight excluding hydrogens is 380 g/mol. The van der Waals surface area contributed by atoms with Gasteiger partial charge in [0.1, 0.15) is 11.5 Å². The van der Waals surface area contributed by atoms with Gasteiger partial charge in [0.2, 0.25) is 5.76 Å². The van der Waals surface area contributed by atoms with Gasteiger partial charge in [0.05, 0.1) is 4.47 Å². The highest BCUT2D eigenvalue weighted by molar-refractivity contribution is 9.11. The van der Waals surface area contributed by atoms with E-state index >= 15 is 0 Å². The lowest BCUT2D eigenvalue weighted by molar-refractivity contribution is 0.0655. The monoisotopic (exact) mass is 388 g/mol. The van der Waals surface area contributed by atoms with Crippen molar-refractivity contribution in [2.45, 2.75) is 13.0 Å². The molecule has 2 aromatic rings. The topological polar surface area (TPSA) is 59.7 Å². The van der Waals surface area contributed by atoms with E-state index in [-0.39, 0.29) is 11.9 Å². The highest BCUT2D eigenvalue weighted by Gasteiger charge is 2.16. The summed E-state index contributed by atoms with van der Waals surface area (Å²) in [5, 5.41) is 8.80. The minimum Gasteiger partial charge on any atom is -0.482 e. The Hall–Kier alpha value is -1.27. The third-order valence-corrected chi connectivity index (χ3v) is 3.55. The maximum atomic E-state index is 10.7. The zero-order chi connectivity index (χ0) is 14.0. The molecule has 2 rings (SSSR count). The Labute approximate surface area is 126 Å². The first-order valence-electron chi connectivity index (χ1n) is 5.42. The van der Waals surface area contributed by atoms with Gasteiger partial charge < -0.3 is 14.3 Å². The fourth-order valence-electron chi connectivity index (χ4n) is 1.51. The van der Waals surface area contributed by atoms with Crippen molar-refractivity contribution < 1.29 is 19.1 Å². The first kappa shape index (κ1) is 14.1. The van der Waals surface area contributed by atoms with Gasteiger partial charge in [-0.3, -0.25) is 0 Å². The molecule has 0 bridgehead atoms. The number of hydrogen-bond donors (Lipinski definition) is 1. The van der Waals surface area contributed by atoms with Crippen LogP contribution in [0, 0.1) is 0 Å². The Morgan fingerprint density at radius 2 is 2.05 bits per heavy atom. The normalized spacial score (nSPS) is 12.2. The zero-order valence-corrected chi connectivity index (χ0v) is 13.1. The van der Waals surface area contributed by atoms with Crippen LogP contribution in [-0.4, -0.2) is 11.1 Å². The van der Waals surface area contributed by atoms with Crippen LogP contribution in [0.2, 0.25) is 0 Å². The Morgan fingerprint density at radius 3 is 2.63 bits per heavy atom. The van der Waals surface area contributed by atoms with Crippen LogP contribution in [0.3, 0.4) is 0 Å². The molecule has 0 amide bonds. The highest BCUT2D eigenvalue weighted by atomic mass is 79.9. The van der Waals surface area contributed by atoms with E-state index in [9.17, 15) is 4.79 Å². The minimum atomic E-state index is -1.09. The van der Waals surface area contributed by atoms with Crippen molar-refractivity contribution in [2.24, 2.45) is 0 Å². The van der Waals surface area contributed by atoms with E-state index in [0.717, 1.165) is 8.95 Å². The molecule has 0 fully saturated rings. The van der Waals surface area contributed by atoms with Gasteiger partial charge >= 0.3 is 5.97 Å². The quantitative estimate of drug-likeness (QED) is 0.827. The van der Waals surface area contributed by atoms with E-state index in [4.69, 9.17) is 14.3 Å². The van der Waals surface area contributed by atoms with Crippen molar-refractivity contribution in [1.82, 2.24) is 0 Å². The summed E-state index contributed by atoms with van der Waals surface area (Å²) in [4.78, 5) is 10.7. The molecule has 1 atom stereocenters. The summed E-state index contributed by atoms with van der Waals surface area (Å²) >= 11 is 6.75. The molecule has 0 saturated heterocycles. The average Bonchev–Trinajstić information content (AvgIpc) is 2.82. The van der Waals surface area contributed by atoms with Gasteiger partial charge in [-0.25, -0.2) is 4.79 Å². The van der Waals surface area contributed by atoms with Gasteiger partial charge in [-0.1, -0.05) is 15.9 Å². The number of rotatable bonds is 4. The van der Waals surface area contributed by atoms with Crippen molar-refractivity contribution >= 4 is 37.8 Å². The Kier molecular flexibility index (Phi) is 4.31. The molecule has 1 heterocycles. The molecule has 0 spiro atoms. The maximum absolute atomic E-state index is 10.7. The van der Waals surface area contributed by atoms with E-state index < -0.39 is 5.97 Å². The van der Waals surface area contributed by atoms with E-state index in [2.05, 4.69) is 31.9 Å². The number of aromatic carboxylic acids is 1. The second kappa shape index (κ2) is 5.79. The predicted octanol–water partition coefficient (Wildman–Crippen LogP) is 4.64. The molecule has 0 aliphatic heterocycles. The molecule has 19 heavy (non-hydrogen) atoms. The summed E-state index contributed by atoms with van der Waals surface area (Å²) < 4.78 is 12.7. The first-order valence-corrected chi connectivity index (χ1v) is 7.00. The van der Waals surface area contributed by atoms with Crippen molar-refractivity contribution in [1.29, 1.82) is 0 Å². The Morgan fingerprint density at radius 1 is 1.32 bits per heavy atom. The fourth-order valence-corrected chi connectivity index (χ4v) is 2.65. The summed E-state index contributed by atoms with van der Waals surface area (Å²) in [6.45, 7) is 1.79. The van der Waals surface area contributed by atoms with Crippen molar-refractivity contribution in [3.8, 4) is 5.75 Å². The molecule has 0 saturated carbocycles. The molecule has 1 aromatic heterocycles. The summed E-state index contributed by atoms with van der Waals surface area (Å²) in [5.41, 5.74) is 0. The minimum absolute atomic E-state index is 0.0969. The number of carboxylic acid groups (broad SMARTS) is 1. The van der Waals surface area contributed by atoms with Crippen molar-refractivity contribution in [2.75, 3.05) is 0 Å². The fraction of sp³-hybridized carbons (Fsp3) is 0.154. The number of carboxylic acids is 1. The van der Waals surface area contributed by atoms with Gasteiger partial charge in [0.25, 0.3) is 0 Å². The number of halogens is 2. The SMILES string of the molecule is CC(Oc1ccc(Br)cc1Br)c1ccc(C(=O)O)o1. The molecule has 6 heteroatoms. The molecule has 0 aliphatic carbocycles. The lowest BCUT2D eigenvalue weighted by atomic mass is 10.3. The van der Waals surface area contributed by atoms with Crippen LogP contribution in [0.5, 0.6) is 5.75 Å². The smallest absolute Gasteiger partial charge is 0.371 e.